The lowest BCUT2D eigenvalue weighted by Gasteiger charge is -2.09. The van der Waals surface area contributed by atoms with Crippen molar-refractivity contribution in [2.24, 2.45) is 5.92 Å². The summed E-state index contributed by atoms with van der Waals surface area (Å²) in [5, 5.41) is 3.27. The molecular formula is C23H20ClFN2O3. The Morgan fingerprint density at radius 1 is 1.20 bits per heavy atom. The smallest absolute Gasteiger partial charge is 0.224 e. The Bertz CT molecular complexity index is 1040. The number of nitrogens with zero attached hydrogens (tertiary/aromatic N) is 1. The van der Waals surface area contributed by atoms with Gasteiger partial charge in [-0.15, -0.1) is 0 Å². The van der Waals surface area contributed by atoms with Crippen molar-refractivity contribution in [2.75, 3.05) is 7.11 Å². The third-order valence-corrected chi connectivity index (χ3v) is 5.38. The van der Waals surface area contributed by atoms with Gasteiger partial charge in [-0.05, 0) is 54.4 Å². The molecule has 7 heteroatoms. The summed E-state index contributed by atoms with van der Waals surface area (Å²) in [7, 11) is 1.60. The zero-order valence-electron chi connectivity index (χ0n) is 16.3. The second-order valence-electron chi connectivity index (χ2n) is 7.08. The quantitative estimate of drug-likeness (QED) is 0.571. The number of ether oxygens (including phenoxy) is 2. The molecule has 154 valence electrons. The van der Waals surface area contributed by atoms with E-state index in [2.05, 4.69) is 10.3 Å². The van der Waals surface area contributed by atoms with Crippen molar-refractivity contribution in [1.82, 2.24) is 10.3 Å². The standard InChI is InChI=1S/C23H20ClFN2O3/c1-29-15-5-7-16(8-6-15)30-21-11-14(9-10-26-21)13-27-23(28)18-12-17(18)22-19(24)3-2-4-20(22)25/h2-11,17-18H,12-13H2,1H3,(H,27,28). The van der Waals surface area contributed by atoms with Crippen LogP contribution in [0.1, 0.15) is 23.5 Å². The van der Waals surface area contributed by atoms with Gasteiger partial charge in [0.05, 0.1) is 7.11 Å². The second kappa shape index (κ2) is 8.71. The van der Waals surface area contributed by atoms with Gasteiger partial charge in [-0.3, -0.25) is 4.79 Å². The summed E-state index contributed by atoms with van der Waals surface area (Å²) in [6, 6.07) is 15.3. The van der Waals surface area contributed by atoms with Crippen molar-refractivity contribution in [1.29, 1.82) is 0 Å². The zero-order valence-corrected chi connectivity index (χ0v) is 17.0. The molecule has 0 spiro atoms. The Balaban J connectivity index is 1.34. The molecule has 1 saturated carbocycles. The van der Waals surface area contributed by atoms with Crippen LogP contribution >= 0.6 is 11.6 Å². The number of amides is 1. The van der Waals surface area contributed by atoms with Gasteiger partial charge in [0.25, 0.3) is 0 Å². The van der Waals surface area contributed by atoms with Crippen LogP contribution in [-0.4, -0.2) is 18.0 Å². The lowest BCUT2D eigenvalue weighted by Crippen LogP contribution is -2.25. The van der Waals surface area contributed by atoms with E-state index in [1.165, 1.54) is 6.07 Å². The number of rotatable bonds is 7. The minimum atomic E-state index is -0.364. The first-order valence-electron chi connectivity index (χ1n) is 9.53. The maximum atomic E-state index is 14.1. The third kappa shape index (κ3) is 4.54. The predicted octanol–water partition coefficient (Wildman–Crippen LogP) is 5.09. The number of halogens is 2. The fraction of sp³-hybridized carbons (Fsp3) is 0.217. The van der Waals surface area contributed by atoms with E-state index in [0.717, 1.165) is 11.3 Å². The Kier molecular flexibility index (Phi) is 5.86. The van der Waals surface area contributed by atoms with E-state index in [1.807, 2.05) is 0 Å². The number of carbonyl (C=O) groups is 1. The van der Waals surface area contributed by atoms with Gasteiger partial charge in [-0.25, -0.2) is 9.37 Å². The van der Waals surface area contributed by atoms with Crippen LogP contribution in [0.3, 0.4) is 0 Å². The highest BCUT2D eigenvalue weighted by atomic mass is 35.5. The van der Waals surface area contributed by atoms with E-state index in [4.69, 9.17) is 21.1 Å². The van der Waals surface area contributed by atoms with Crippen molar-refractivity contribution in [3.8, 4) is 17.4 Å². The van der Waals surface area contributed by atoms with Crippen LogP contribution in [0.25, 0.3) is 0 Å². The van der Waals surface area contributed by atoms with Crippen LogP contribution in [-0.2, 0) is 11.3 Å². The van der Waals surface area contributed by atoms with E-state index in [1.54, 1.807) is 61.8 Å². The minimum absolute atomic E-state index is 0.117. The summed E-state index contributed by atoms with van der Waals surface area (Å²) in [4.78, 5) is 16.7. The average Bonchev–Trinajstić information content (AvgIpc) is 3.53. The van der Waals surface area contributed by atoms with E-state index < -0.39 is 0 Å². The van der Waals surface area contributed by atoms with E-state index >= 15 is 0 Å². The van der Waals surface area contributed by atoms with Crippen LogP contribution in [0.5, 0.6) is 17.4 Å². The van der Waals surface area contributed by atoms with Gasteiger partial charge in [-0.2, -0.15) is 0 Å². The zero-order chi connectivity index (χ0) is 21.1. The molecule has 2 aromatic carbocycles. The summed E-state index contributed by atoms with van der Waals surface area (Å²) in [6.45, 7) is 0.328. The van der Waals surface area contributed by atoms with Gasteiger partial charge >= 0.3 is 0 Å². The summed E-state index contributed by atoms with van der Waals surface area (Å²) in [5.41, 5.74) is 1.28. The highest BCUT2D eigenvalue weighted by Crippen LogP contribution is 2.50. The van der Waals surface area contributed by atoms with Crippen LogP contribution in [0, 0.1) is 11.7 Å². The Hall–Kier alpha value is -3.12. The summed E-state index contributed by atoms with van der Waals surface area (Å²) < 4.78 is 24.9. The SMILES string of the molecule is COc1ccc(Oc2cc(CNC(=O)C3CC3c3c(F)cccc3Cl)ccn2)cc1. The van der Waals surface area contributed by atoms with Crippen LogP contribution < -0.4 is 14.8 Å². The fourth-order valence-corrected chi connectivity index (χ4v) is 3.67. The monoisotopic (exact) mass is 426 g/mol. The number of nitrogens with one attached hydrogen (secondary N) is 1. The van der Waals surface area contributed by atoms with Gasteiger partial charge in [0.1, 0.15) is 17.3 Å². The average molecular weight is 427 g/mol. The molecule has 4 rings (SSSR count). The number of benzene rings is 2. The molecule has 1 fully saturated rings. The number of carbonyl (C=O) groups excluding carboxylic acids is 1. The molecular weight excluding hydrogens is 407 g/mol. The van der Waals surface area contributed by atoms with Crippen molar-refractivity contribution in [3.63, 3.8) is 0 Å². The maximum absolute atomic E-state index is 14.1. The molecule has 30 heavy (non-hydrogen) atoms. The van der Waals surface area contributed by atoms with E-state index in [-0.39, 0.29) is 23.6 Å². The molecule has 1 aromatic heterocycles. The lowest BCUT2D eigenvalue weighted by atomic mass is 10.1. The van der Waals surface area contributed by atoms with E-state index in [0.29, 0.717) is 35.2 Å². The molecule has 0 bridgehead atoms. The largest absolute Gasteiger partial charge is 0.497 e. The number of methoxy groups -OCH3 is 1. The third-order valence-electron chi connectivity index (χ3n) is 5.05. The van der Waals surface area contributed by atoms with Gasteiger partial charge < -0.3 is 14.8 Å². The lowest BCUT2D eigenvalue weighted by molar-refractivity contribution is -0.122. The second-order valence-corrected chi connectivity index (χ2v) is 7.49. The van der Waals surface area contributed by atoms with Crippen LogP contribution in [0.4, 0.5) is 4.39 Å². The molecule has 2 atom stereocenters. The van der Waals surface area contributed by atoms with Gasteiger partial charge in [0.15, 0.2) is 0 Å². The molecule has 3 aromatic rings. The minimum Gasteiger partial charge on any atom is -0.497 e. The Labute approximate surface area is 178 Å². The summed E-state index contributed by atoms with van der Waals surface area (Å²) >= 11 is 6.11. The molecule has 0 aliphatic heterocycles. The highest BCUT2D eigenvalue weighted by molar-refractivity contribution is 6.31. The fourth-order valence-electron chi connectivity index (χ4n) is 3.37. The number of aromatic nitrogens is 1. The molecule has 1 amide bonds. The number of hydrogen-bond donors (Lipinski definition) is 1. The van der Waals surface area contributed by atoms with Crippen molar-refractivity contribution >= 4 is 17.5 Å². The topological polar surface area (TPSA) is 60.5 Å². The van der Waals surface area contributed by atoms with Gasteiger partial charge in [0.2, 0.25) is 11.8 Å². The van der Waals surface area contributed by atoms with Crippen molar-refractivity contribution in [3.05, 3.63) is 82.8 Å². The Morgan fingerprint density at radius 2 is 1.97 bits per heavy atom. The van der Waals surface area contributed by atoms with E-state index in [9.17, 15) is 9.18 Å². The molecule has 2 unspecified atom stereocenters. The predicted molar refractivity (Wildman–Crippen MR) is 111 cm³/mol. The first kappa shape index (κ1) is 20.2. The summed E-state index contributed by atoms with van der Waals surface area (Å²) in [5.74, 6) is 0.871. The molecule has 1 aliphatic carbocycles. The number of hydrogen-bond acceptors (Lipinski definition) is 4. The van der Waals surface area contributed by atoms with Crippen molar-refractivity contribution < 1.29 is 18.7 Å². The maximum Gasteiger partial charge on any atom is 0.224 e. The molecule has 1 aliphatic rings. The molecule has 1 heterocycles. The first-order valence-corrected chi connectivity index (χ1v) is 9.91. The molecule has 0 saturated heterocycles. The normalized spacial score (nSPS) is 17.3. The van der Waals surface area contributed by atoms with Crippen molar-refractivity contribution in [2.45, 2.75) is 18.9 Å². The van der Waals surface area contributed by atoms with Gasteiger partial charge in [-0.1, -0.05) is 17.7 Å². The van der Waals surface area contributed by atoms with Crippen LogP contribution in [0.2, 0.25) is 5.02 Å². The molecule has 5 nitrogen and oxygen atoms in total. The van der Waals surface area contributed by atoms with Crippen LogP contribution in [0.15, 0.2) is 60.8 Å². The molecule has 0 radical (unpaired) electrons. The summed E-state index contributed by atoms with van der Waals surface area (Å²) in [6.07, 6.45) is 2.22. The first-order chi connectivity index (χ1) is 14.5. The molecule has 1 N–H and O–H groups in total. The number of pyridine rings is 1. The Morgan fingerprint density at radius 3 is 2.70 bits per heavy atom. The van der Waals surface area contributed by atoms with Gasteiger partial charge in [0, 0.05) is 41.2 Å². The highest BCUT2D eigenvalue weighted by Gasteiger charge is 2.46.